The summed E-state index contributed by atoms with van der Waals surface area (Å²) in [5, 5.41) is 16.2. The molecule has 23 heavy (non-hydrogen) atoms. The van der Waals surface area contributed by atoms with E-state index >= 15 is 0 Å². The summed E-state index contributed by atoms with van der Waals surface area (Å²) in [6, 6.07) is 13.1. The number of carbonyl (C=O) groups is 2. The summed E-state index contributed by atoms with van der Waals surface area (Å²) in [6.07, 6.45) is 0. The van der Waals surface area contributed by atoms with Crippen molar-refractivity contribution in [2.24, 2.45) is 5.10 Å². The predicted molar refractivity (Wildman–Crippen MR) is 88.5 cm³/mol. The number of benzene rings is 2. The van der Waals surface area contributed by atoms with Crippen molar-refractivity contribution in [1.29, 1.82) is 0 Å². The van der Waals surface area contributed by atoms with Gasteiger partial charge in [0.15, 0.2) is 0 Å². The lowest BCUT2D eigenvalue weighted by atomic mass is 10.1. The van der Waals surface area contributed by atoms with Crippen LogP contribution in [0.3, 0.4) is 0 Å². The highest BCUT2D eigenvalue weighted by Crippen LogP contribution is 2.20. The maximum Gasteiger partial charge on any atom is 0.329 e. The maximum atomic E-state index is 11.8. The van der Waals surface area contributed by atoms with Gasteiger partial charge in [-0.15, -0.1) is 0 Å². The van der Waals surface area contributed by atoms with Crippen LogP contribution in [0.5, 0.6) is 5.75 Å². The van der Waals surface area contributed by atoms with Crippen LogP contribution in [-0.2, 0) is 9.59 Å². The molecule has 2 amide bonds. The number of phenols is 1. The smallest absolute Gasteiger partial charge is 0.329 e. The summed E-state index contributed by atoms with van der Waals surface area (Å²) >= 11 is 5.90. The van der Waals surface area contributed by atoms with Crippen LogP contribution in [-0.4, -0.2) is 22.6 Å². The largest absolute Gasteiger partial charge is 0.507 e. The molecule has 0 bridgehead atoms. The van der Waals surface area contributed by atoms with E-state index in [1.54, 1.807) is 49.4 Å². The number of aromatic hydroxyl groups is 1. The molecule has 0 saturated carbocycles. The summed E-state index contributed by atoms with van der Waals surface area (Å²) < 4.78 is 0. The fourth-order valence-electron chi connectivity index (χ4n) is 1.77. The minimum Gasteiger partial charge on any atom is -0.507 e. The van der Waals surface area contributed by atoms with Gasteiger partial charge in [-0.2, -0.15) is 5.10 Å². The van der Waals surface area contributed by atoms with E-state index in [-0.39, 0.29) is 5.75 Å². The Labute approximate surface area is 137 Å². The molecule has 7 heteroatoms. The third kappa shape index (κ3) is 4.31. The van der Waals surface area contributed by atoms with Crippen LogP contribution in [0.2, 0.25) is 5.02 Å². The van der Waals surface area contributed by atoms with Crippen molar-refractivity contribution in [3.63, 3.8) is 0 Å². The molecular formula is C16H14ClN3O3. The molecule has 0 aliphatic rings. The van der Waals surface area contributed by atoms with E-state index in [1.165, 1.54) is 6.07 Å². The van der Waals surface area contributed by atoms with Crippen LogP contribution in [0, 0.1) is 0 Å². The minimum absolute atomic E-state index is 0.0310. The van der Waals surface area contributed by atoms with Crippen molar-refractivity contribution in [3.05, 3.63) is 59.1 Å². The van der Waals surface area contributed by atoms with Crippen molar-refractivity contribution in [3.8, 4) is 5.75 Å². The first-order chi connectivity index (χ1) is 11.0. The molecule has 3 N–H and O–H groups in total. The molecule has 0 fully saturated rings. The number of amides is 2. The van der Waals surface area contributed by atoms with Gasteiger partial charge in [-0.3, -0.25) is 9.59 Å². The molecule has 2 aromatic rings. The first-order valence-electron chi connectivity index (χ1n) is 6.67. The molecule has 0 radical (unpaired) electrons. The summed E-state index contributed by atoms with van der Waals surface area (Å²) in [6.45, 7) is 1.60. The molecule has 6 nitrogen and oxygen atoms in total. The SMILES string of the molecule is C/C(=N\NC(=O)C(=O)Nc1ccccc1Cl)c1ccccc1O. The average Bonchev–Trinajstić information content (AvgIpc) is 2.54. The number of hydrogen-bond donors (Lipinski definition) is 3. The number of hydrogen-bond acceptors (Lipinski definition) is 4. The van der Waals surface area contributed by atoms with Crippen molar-refractivity contribution in [2.45, 2.75) is 6.92 Å². The van der Waals surface area contributed by atoms with Crippen molar-refractivity contribution < 1.29 is 14.7 Å². The number of anilines is 1. The average molecular weight is 332 g/mol. The number of carbonyl (C=O) groups excluding carboxylic acids is 2. The number of nitrogens with zero attached hydrogens (tertiary/aromatic N) is 1. The Hall–Kier alpha value is -2.86. The van der Waals surface area contributed by atoms with Crippen molar-refractivity contribution in [1.82, 2.24) is 5.43 Å². The zero-order chi connectivity index (χ0) is 16.8. The predicted octanol–water partition coefficient (Wildman–Crippen LogP) is 2.52. The van der Waals surface area contributed by atoms with Gasteiger partial charge in [0, 0.05) is 5.56 Å². The Balaban J connectivity index is 2.02. The fraction of sp³-hybridized carbons (Fsp3) is 0.0625. The Bertz CT molecular complexity index is 775. The van der Waals surface area contributed by atoms with Crippen LogP contribution < -0.4 is 10.7 Å². The molecule has 0 aromatic heterocycles. The van der Waals surface area contributed by atoms with E-state index in [2.05, 4.69) is 15.8 Å². The van der Waals surface area contributed by atoms with Crippen molar-refractivity contribution in [2.75, 3.05) is 5.32 Å². The maximum absolute atomic E-state index is 11.8. The second-order valence-electron chi connectivity index (χ2n) is 4.59. The lowest BCUT2D eigenvalue weighted by Gasteiger charge is -2.06. The van der Waals surface area contributed by atoms with Crippen molar-refractivity contribution >= 4 is 34.8 Å². The minimum atomic E-state index is -0.945. The third-order valence-electron chi connectivity index (χ3n) is 2.95. The summed E-state index contributed by atoms with van der Waals surface area (Å²) in [5.41, 5.74) is 3.28. The highest BCUT2D eigenvalue weighted by atomic mass is 35.5. The molecule has 0 aliphatic heterocycles. The number of phenolic OH excluding ortho intramolecular Hbond substituents is 1. The van der Waals surface area contributed by atoms with Gasteiger partial charge in [0.05, 0.1) is 16.4 Å². The summed E-state index contributed by atoms with van der Waals surface area (Å²) in [4.78, 5) is 23.5. The number of hydrazone groups is 1. The highest BCUT2D eigenvalue weighted by Gasteiger charge is 2.14. The molecule has 0 atom stereocenters. The van der Waals surface area contributed by atoms with Gasteiger partial charge in [-0.05, 0) is 31.2 Å². The molecule has 0 heterocycles. The number of nitrogens with one attached hydrogen (secondary N) is 2. The van der Waals surface area contributed by atoms with E-state index in [9.17, 15) is 14.7 Å². The molecule has 118 valence electrons. The summed E-state index contributed by atoms with van der Waals surface area (Å²) in [7, 11) is 0. The second-order valence-corrected chi connectivity index (χ2v) is 5.00. The highest BCUT2D eigenvalue weighted by molar-refractivity contribution is 6.41. The van der Waals surface area contributed by atoms with E-state index in [0.29, 0.717) is 22.0 Å². The van der Waals surface area contributed by atoms with E-state index < -0.39 is 11.8 Å². The van der Waals surface area contributed by atoms with Crippen LogP contribution >= 0.6 is 11.6 Å². The molecular weight excluding hydrogens is 318 g/mol. The molecule has 2 rings (SSSR count). The van der Waals surface area contributed by atoms with Gasteiger partial charge in [-0.1, -0.05) is 35.9 Å². The Morgan fingerprint density at radius 1 is 1.04 bits per heavy atom. The van der Waals surface area contributed by atoms with Gasteiger partial charge in [0.1, 0.15) is 5.75 Å². The molecule has 0 spiro atoms. The van der Waals surface area contributed by atoms with Gasteiger partial charge in [-0.25, -0.2) is 5.43 Å². The van der Waals surface area contributed by atoms with Crippen LogP contribution in [0.4, 0.5) is 5.69 Å². The quantitative estimate of drug-likeness (QED) is 0.458. The normalized spacial score (nSPS) is 11.0. The zero-order valence-corrected chi connectivity index (χ0v) is 13.0. The first-order valence-corrected chi connectivity index (χ1v) is 7.05. The number of halogens is 1. The zero-order valence-electron chi connectivity index (χ0n) is 12.2. The van der Waals surface area contributed by atoms with Crippen LogP contribution in [0.15, 0.2) is 53.6 Å². The Morgan fingerprint density at radius 2 is 1.70 bits per heavy atom. The first kappa shape index (κ1) is 16.5. The second kappa shape index (κ2) is 7.42. The molecule has 0 unspecified atom stereocenters. The molecule has 2 aromatic carbocycles. The molecule has 0 aliphatic carbocycles. The molecule has 0 saturated heterocycles. The van der Waals surface area contributed by atoms with Gasteiger partial charge < -0.3 is 10.4 Å². The Kier molecular flexibility index (Phi) is 5.32. The van der Waals surface area contributed by atoms with Crippen LogP contribution in [0.25, 0.3) is 0 Å². The third-order valence-corrected chi connectivity index (χ3v) is 3.28. The van der Waals surface area contributed by atoms with E-state index in [1.807, 2.05) is 0 Å². The monoisotopic (exact) mass is 331 g/mol. The van der Waals surface area contributed by atoms with Crippen LogP contribution in [0.1, 0.15) is 12.5 Å². The lowest BCUT2D eigenvalue weighted by molar-refractivity contribution is -0.136. The van der Waals surface area contributed by atoms with Gasteiger partial charge in [0.25, 0.3) is 0 Å². The number of para-hydroxylation sites is 2. The Morgan fingerprint density at radius 3 is 2.39 bits per heavy atom. The topological polar surface area (TPSA) is 90.8 Å². The van der Waals surface area contributed by atoms with E-state index in [0.717, 1.165) is 0 Å². The van der Waals surface area contributed by atoms with E-state index in [4.69, 9.17) is 11.6 Å². The lowest BCUT2D eigenvalue weighted by Crippen LogP contribution is -2.33. The fourth-order valence-corrected chi connectivity index (χ4v) is 1.95. The number of rotatable bonds is 3. The van der Waals surface area contributed by atoms with Gasteiger partial charge in [0.2, 0.25) is 0 Å². The van der Waals surface area contributed by atoms with Gasteiger partial charge >= 0.3 is 11.8 Å². The standard InChI is InChI=1S/C16H14ClN3O3/c1-10(11-6-2-5-9-14(11)21)19-20-16(23)15(22)18-13-8-4-3-7-12(13)17/h2-9,21H,1H3,(H,18,22)(H,20,23)/b19-10+. The summed E-state index contributed by atoms with van der Waals surface area (Å²) in [5.74, 6) is -1.81.